The number of nitrogens with one attached hydrogen (secondary N) is 1. The van der Waals surface area contributed by atoms with Crippen LogP contribution in [0.15, 0.2) is 5.16 Å². The van der Waals surface area contributed by atoms with Crippen LogP contribution in [0.2, 0.25) is 0 Å². The second-order valence-corrected chi connectivity index (χ2v) is 5.18. The van der Waals surface area contributed by atoms with Gasteiger partial charge in [0.05, 0.1) is 17.1 Å². The molecule has 5 nitrogen and oxygen atoms in total. The third kappa shape index (κ3) is 2.27. The normalized spacial score (nSPS) is 23.7. The summed E-state index contributed by atoms with van der Waals surface area (Å²) in [7, 11) is 0. The van der Waals surface area contributed by atoms with Gasteiger partial charge in [-0.05, 0) is 13.3 Å². The van der Waals surface area contributed by atoms with E-state index < -0.39 is 0 Å². The van der Waals surface area contributed by atoms with Crippen LogP contribution in [-0.4, -0.2) is 39.8 Å². The van der Waals surface area contributed by atoms with E-state index in [1.165, 1.54) is 17.1 Å². The molecule has 18 heavy (non-hydrogen) atoms. The Morgan fingerprint density at radius 2 is 2.39 bits per heavy atom. The number of fused-ring (bicyclic) bond motifs is 1. The SMILES string of the molecule is CCC1=NO[C@H](CN2CCc3nc(C)[nH]c3C2)C1. The van der Waals surface area contributed by atoms with E-state index in [1.807, 2.05) is 6.92 Å². The molecule has 0 fully saturated rings. The largest absolute Gasteiger partial charge is 0.391 e. The Morgan fingerprint density at radius 3 is 3.17 bits per heavy atom. The second-order valence-electron chi connectivity index (χ2n) is 5.18. The minimum absolute atomic E-state index is 0.241. The lowest BCUT2D eigenvalue weighted by atomic mass is 10.1. The van der Waals surface area contributed by atoms with Gasteiger partial charge in [-0.25, -0.2) is 4.98 Å². The third-order valence-electron chi connectivity index (χ3n) is 3.69. The molecule has 0 spiro atoms. The third-order valence-corrected chi connectivity index (χ3v) is 3.69. The van der Waals surface area contributed by atoms with Gasteiger partial charge in [-0.15, -0.1) is 0 Å². The van der Waals surface area contributed by atoms with Gasteiger partial charge >= 0.3 is 0 Å². The number of hydrogen-bond donors (Lipinski definition) is 1. The molecule has 0 bridgehead atoms. The smallest absolute Gasteiger partial charge is 0.145 e. The number of rotatable bonds is 3. The van der Waals surface area contributed by atoms with Crippen molar-refractivity contribution in [2.75, 3.05) is 13.1 Å². The highest BCUT2D eigenvalue weighted by Crippen LogP contribution is 2.19. The number of aromatic nitrogens is 2. The molecule has 1 aromatic rings. The Hall–Kier alpha value is -1.36. The van der Waals surface area contributed by atoms with Crippen LogP contribution < -0.4 is 0 Å². The molecule has 0 radical (unpaired) electrons. The maximum atomic E-state index is 5.47. The van der Waals surface area contributed by atoms with Crippen LogP contribution in [0.25, 0.3) is 0 Å². The number of H-pyrrole nitrogens is 1. The summed E-state index contributed by atoms with van der Waals surface area (Å²) in [6.45, 7) is 7.13. The molecular weight excluding hydrogens is 228 g/mol. The van der Waals surface area contributed by atoms with Gasteiger partial charge in [0, 0.05) is 32.5 Å². The predicted octanol–water partition coefficient (Wildman–Crippen LogP) is 1.63. The van der Waals surface area contributed by atoms with Gasteiger partial charge in [0.15, 0.2) is 0 Å². The Balaban J connectivity index is 1.57. The molecule has 3 rings (SSSR count). The molecule has 5 heteroatoms. The number of hydrogen-bond acceptors (Lipinski definition) is 4. The molecule has 98 valence electrons. The standard InChI is InChI=1S/C13H20N4O/c1-3-10-6-11(18-16-10)7-17-5-4-12-13(8-17)15-9(2)14-12/h11H,3-8H2,1-2H3,(H,14,15)/t11-/m0/s1. The van der Waals surface area contributed by atoms with Crippen LogP contribution in [0.5, 0.6) is 0 Å². The van der Waals surface area contributed by atoms with Gasteiger partial charge in [0.2, 0.25) is 0 Å². The fraction of sp³-hybridized carbons (Fsp3) is 0.692. The van der Waals surface area contributed by atoms with Gasteiger partial charge in [-0.2, -0.15) is 0 Å². The van der Waals surface area contributed by atoms with Gasteiger partial charge in [-0.1, -0.05) is 12.1 Å². The minimum atomic E-state index is 0.241. The lowest BCUT2D eigenvalue weighted by molar-refractivity contribution is 0.0483. The fourth-order valence-electron chi connectivity index (χ4n) is 2.73. The van der Waals surface area contributed by atoms with Gasteiger partial charge in [-0.3, -0.25) is 4.90 Å². The molecule has 1 atom stereocenters. The van der Waals surface area contributed by atoms with E-state index in [-0.39, 0.29) is 6.10 Å². The zero-order valence-corrected chi connectivity index (χ0v) is 11.1. The molecule has 1 N–H and O–H groups in total. The van der Waals surface area contributed by atoms with Crippen LogP contribution >= 0.6 is 0 Å². The van der Waals surface area contributed by atoms with E-state index in [2.05, 4.69) is 26.9 Å². The molecule has 0 aromatic carbocycles. The van der Waals surface area contributed by atoms with Crippen molar-refractivity contribution in [3.8, 4) is 0 Å². The zero-order chi connectivity index (χ0) is 12.5. The average Bonchev–Trinajstić information content (AvgIpc) is 2.94. The molecule has 2 aliphatic rings. The highest BCUT2D eigenvalue weighted by Gasteiger charge is 2.26. The molecule has 0 saturated heterocycles. The molecule has 0 amide bonds. The number of oxime groups is 1. The Bertz CT molecular complexity index is 466. The van der Waals surface area contributed by atoms with E-state index in [0.717, 1.165) is 44.7 Å². The van der Waals surface area contributed by atoms with E-state index in [1.54, 1.807) is 0 Å². The molecule has 1 aromatic heterocycles. The van der Waals surface area contributed by atoms with E-state index in [4.69, 9.17) is 4.84 Å². The molecule has 3 heterocycles. The molecule has 0 saturated carbocycles. The number of imidazole rings is 1. The topological polar surface area (TPSA) is 53.5 Å². The van der Waals surface area contributed by atoms with Crippen LogP contribution in [0.4, 0.5) is 0 Å². The average molecular weight is 248 g/mol. The summed E-state index contributed by atoms with van der Waals surface area (Å²) in [6, 6.07) is 0. The molecule has 2 aliphatic heterocycles. The zero-order valence-electron chi connectivity index (χ0n) is 11.1. The highest BCUT2D eigenvalue weighted by atomic mass is 16.6. The van der Waals surface area contributed by atoms with Crippen LogP contribution in [0.1, 0.15) is 37.0 Å². The fourth-order valence-corrected chi connectivity index (χ4v) is 2.73. The van der Waals surface area contributed by atoms with Crippen molar-refractivity contribution in [1.82, 2.24) is 14.9 Å². The number of aromatic amines is 1. The Morgan fingerprint density at radius 1 is 1.50 bits per heavy atom. The summed E-state index contributed by atoms with van der Waals surface area (Å²) in [4.78, 5) is 15.8. The van der Waals surface area contributed by atoms with Gasteiger partial charge in [0.1, 0.15) is 11.9 Å². The quantitative estimate of drug-likeness (QED) is 0.884. The van der Waals surface area contributed by atoms with Crippen LogP contribution in [0, 0.1) is 6.92 Å². The highest BCUT2D eigenvalue weighted by molar-refractivity contribution is 5.85. The first-order valence-corrected chi connectivity index (χ1v) is 6.73. The Kier molecular flexibility index (Phi) is 3.07. The molecule has 0 unspecified atom stereocenters. The van der Waals surface area contributed by atoms with Crippen molar-refractivity contribution in [2.45, 2.75) is 45.8 Å². The van der Waals surface area contributed by atoms with E-state index in [9.17, 15) is 0 Å². The lowest BCUT2D eigenvalue weighted by Gasteiger charge is -2.27. The maximum absolute atomic E-state index is 5.47. The first kappa shape index (κ1) is 11.7. The Labute approximate surface area is 107 Å². The van der Waals surface area contributed by atoms with Crippen molar-refractivity contribution in [2.24, 2.45) is 5.16 Å². The first-order valence-electron chi connectivity index (χ1n) is 6.73. The maximum Gasteiger partial charge on any atom is 0.145 e. The summed E-state index contributed by atoms with van der Waals surface area (Å²) in [5, 5.41) is 4.12. The minimum Gasteiger partial charge on any atom is -0.391 e. The van der Waals surface area contributed by atoms with Crippen molar-refractivity contribution in [3.63, 3.8) is 0 Å². The van der Waals surface area contributed by atoms with Crippen molar-refractivity contribution in [1.29, 1.82) is 0 Å². The summed E-state index contributed by atoms with van der Waals surface area (Å²) < 4.78 is 0. The molecule has 0 aliphatic carbocycles. The van der Waals surface area contributed by atoms with Crippen molar-refractivity contribution < 1.29 is 4.84 Å². The number of aryl methyl sites for hydroxylation is 1. The predicted molar refractivity (Wildman–Crippen MR) is 69.5 cm³/mol. The van der Waals surface area contributed by atoms with Crippen molar-refractivity contribution in [3.05, 3.63) is 17.2 Å². The molecular formula is C13H20N4O. The van der Waals surface area contributed by atoms with E-state index in [0.29, 0.717) is 0 Å². The van der Waals surface area contributed by atoms with Crippen LogP contribution in [0.3, 0.4) is 0 Å². The lowest BCUT2D eigenvalue weighted by Crippen LogP contribution is -2.36. The first-order chi connectivity index (χ1) is 8.74. The van der Waals surface area contributed by atoms with Gasteiger partial charge in [0.25, 0.3) is 0 Å². The van der Waals surface area contributed by atoms with Crippen molar-refractivity contribution >= 4 is 5.71 Å². The second kappa shape index (κ2) is 4.72. The summed E-state index contributed by atoms with van der Waals surface area (Å²) in [5.74, 6) is 1.02. The van der Waals surface area contributed by atoms with Crippen LogP contribution in [-0.2, 0) is 17.8 Å². The summed E-state index contributed by atoms with van der Waals surface area (Å²) in [6.07, 6.45) is 3.27. The monoisotopic (exact) mass is 248 g/mol. The summed E-state index contributed by atoms with van der Waals surface area (Å²) in [5.41, 5.74) is 3.70. The van der Waals surface area contributed by atoms with E-state index >= 15 is 0 Å². The van der Waals surface area contributed by atoms with Gasteiger partial charge < -0.3 is 9.82 Å². The number of nitrogens with zero attached hydrogens (tertiary/aromatic N) is 3. The summed E-state index contributed by atoms with van der Waals surface area (Å²) >= 11 is 0.